The van der Waals surface area contributed by atoms with Gasteiger partial charge in [-0.15, -0.1) is 5.10 Å². The lowest BCUT2D eigenvalue weighted by Crippen LogP contribution is -2.30. The first kappa shape index (κ1) is 15.1. The Morgan fingerprint density at radius 2 is 1.94 bits per heavy atom. The van der Waals surface area contributed by atoms with Crippen molar-refractivity contribution in [2.45, 2.75) is 60.5 Å². The lowest BCUT2D eigenvalue weighted by Gasteiger charge is -2.29. The van der Waals surface area contributed by atoms with E-state index < -0.39 is 0 Å². The molecule has 5 heteroatoms. The van der Waals surface area contributed by atoms with Crippen LogP contribution in [0.25, 0.3) is 0 Å². The molecule has 1 aromatic heterocycles. The summed E-state index contributed by atoms with van der Waals surface area (Å²) in [4.78, 5) is 0. The number of nitrogens with one attached hydrogen (secondary N) is 1. The van der Waals surface area contributed by atoms with Crippen molar-refractivity contribution in [1.82, 2.24) is 25.5 Å². The van der Waals surface area contributed by atoms with Gasteiger partial charge < -0.3 is 5.32 Å². The van der Waals surface area contributed by atoms with Crippen LogP contribution < -0.4 is 5.32 Å². The van der Waals surface area contributed by atoms with Gasteiger partial charge in [0.15, 0.2) is 5.82 Å². The molecule has 0 aliphatic heterocycles. The Balaban J connectivity index is 2.76. The van der Waals surface area contributed by atoms with Crippen LogP contribution >= 0.6 is 0 Å². The Hall–Kier alpha value is -0.970. The zero-order valence-electron chi connectivity index (χ0n) is 12.6. The summed E-state index contributed by atoms with van der Waals surface area (Å²) in [7, 11) is 0. The van der Waals surface area contributed by atoms with Crippen molar-refractivity contribution in [2.24, 2.45) is 11.3 Å². The van der Waals surface area contributed by atoms with Crippen molar-refractivity contribution in [3.8, 4) is 0 Å². The zero-order valence-corrected chi connectivity index (χ0v) is 12.6. The Morgan fingerprint density at radius 1 is 1.28 bits per heavy atom. The van der Waals surface area contributed by atoms with E-state index in [2.05, 4.69) is 62.4 Å². The summed E-state index contributed by atoms with van der Waals surface area (Å²) >= 11 is 0. The molecule has 5 nitrogen and oxygen atoms in total. The maximum Gasteiger partial charge on any atom is 0.167 e. The van der Waals surface area contributed by atoms with Gasteiger partial charge in [-0.3, -0.25) is 0 Å². The van der Waals surface area contributed by atoms with Gasteiger partial charge in [-0.25, -0.2) is 4.68 Å². The SMILES string of the molecule is CCCNC(C)c1nnnn1CC(C)(C)C(C)C. The van der Waals surface area contributed by atoms with Crippen molar-refractivity contribution in [2.75, 3.05) is 6.54 Å². The molecular formula is C13H27N5. The highest BCUT2D eigenvalue weighted by molar-refractivity contribution is 4.91. The lowest BCUT2D eigenvalue weighted by atomic mass is 9.81. The van der Waals surface area contributed by atoms with Crippen LogP contribution in [0.4, 0.5) is 0 Å². The molecule has 104 valence electrons. The van der Waals surface area contributed by atoms with Gasteiger partial charge >= 0.3 is 0 Å². The molecule has 1 heterocycles. The largest absolute Gasteiger partial charge is 0.307 e. The standard InChI is InChI=1S/C13H27N5/c1-7-8-14-11(4)12-15-16-17-18(12)9-13(5,6)10(2)3/h10-11,14H,7-9H2,1-6H3. The molecule has 1 aromatic rings. The Labute approximate surface area is 110 Å². The van der Waals surface area contributed by atoms with E-state index in [0.29, 0.717) is 5.92 Å². The first-order valence-electron chi connectivity index (χ1n) is 6.88. The highest BCUT2D eigenvalue weighted by atomic mass is 15.5. The molecule has 1 atom stereocenters. The Morgan fingerprint density at radius 3 is 2.50 bits per heavy atom. The summed E-state index contributed by atoms with van der Waals surface area (Å²) in [6.07, 6.45) is 1.11. The molecular weight excluding hydrogens is 226 g/mol. The van der Waals surface area contributed by atoms with Gasteiger partial charge in [-0.05, 0) is 41.6 Å². The lowest BCUT2D eigenvalue weighted by molar-refractivity contribution is 0.195. The average molecular weight is 253 g/mol. The van der Waals surface area contributed by atoms with E-state index in [1.807, 2.05) is 4.68 Å². The molecule has 0 aliphatic rings. The summed E-state index contributed by atoms with van der Waals surface area (Å²) in [5.74, 6) is 1.52. The smallest absolute Gasteiger partial charge is 0.167 e. The summed E-state index contributed by atoms with van der Waals surface area (Å²) in [6, 6.07) is 0.197. The highest BCUT2D eigenvalue weighted by Crippen LogP contribution is 2.28. The quantitative estimate of drug-likeness (QED) is 0.811. The van der Waals surface area contributed by atoms with Crippen molar-refractivity contribution in [1.29, 1.82) is 0 Å². The molecule has 18 heavy (non-hydrogen) atoms. The van der Waals surface area contributed by atoms with E-state index in [4.69, 9.17) is 0 Å². The number of aromatic nitrogens is 4. The molecule has 1 unspecified atom stereocenters. The van der Waals surface area contributed by atoms with Gasteiger partial charge in [0.1, 0.15) is 0 Å². The second-order valence-corrected chi connectivity index (χ2v) is 6.01. The van der Waals surface area contributed by atoms with E-state index in [1.54, 1.807) is 0 Å². The fraction of sp³-hybridized carbons (Fsp3) is 0.923. The monoisotopic (exact) mass is 253 g/mol. The van der Waals surface area contributed by atoms with Crippen LogP contribution in [-0.2, 0) is 6.54 Å². The fourth-order valence-electron chi connectivity index (χ4n) is 1.66. The molecule has 1 rings (SSSR count). The third-order valence-corrected chi connectivity index (χ3v) is 3.77. The third kappa shape index (κ3) is 3.77. The minimum atomic E-state index is 0.189. The minimum Gasteiger partial charge on any atom is -0.307 e. The summed E-state index contributed by atoms with van der Waals surface area (Å²) in [5, 5.41) is 15.5. The molecule has 0 bridgehead atoms. The van der Waals surface area contributed by atoms with Crippen molar-refractivity contribution < 1.29 is 0 Å². The molecule has 0 saturated carbocycles. The first-order chi connectivity index (χ1) is 8.38. The first-order valence-corrected chi connectivity index (χ1v) is 6.88. The average Bonchev–Trinajstić information content (AvgIpc) is 2.73. The van der Waals surface area contributed by atoms with Gasteiger partial charge in [0.2, 0.25) is 0 Å². The molecule has 0 aliphatic carbocycles. The number of hydrogen-bond donors (Lipinski definition) is 1. The second-order valence-electron chi connectivity index (χ2n) is 6.01. The van der Waals surface area contributed by atoms with Crippen LogP contribution in [0, 0.1) is 11.3 Å². The van der Waals surface area contributed by atoms with Crippen LogP contribution in [0.15, 0.2) is 0 Å². The minimum absolute atomic E-state index is 0.189. The molecule has 0 radical (unpaired) electrons. The van der Waals surface area contributed by atoms with Gasteiger partial charge in [0, 0.05) is 0 Å². The van der Waals surface area contributed by atoms with Crippen LogP contribution in [0.3, 0.4) is 0 Å². The summed E-state index contributed by atoms with van der Waals surface area (Å²) < 4.78 is 1.94. The van der Waals surface area contributed by atoms with Gasteiger partial charge in [-0.2, -0.15) is 0 Å². The Kier molecular flexibility index (Phi) is 5.26. The van der Waals surface area contributed by atoms with Crippen molar-refractivity contribution in [3.05, 3.63) is 5.82 Å². The molecule has 0 spiro atoms. The van der Waals surface area contributed by atoms with E-state index >= 15 is 0 Å². The number of nitrogens with zero attached hydrogens (tertiary/aromatic N) is 4. The van der Waals surface area contributed by atoms with Crippen molar-refractivity contribution >= 4 is 0 Å². The maximum atomic E-state index is 4.15. The topological polar surface area (TPSA) is 55.6 Å². The number of rotatable bonds is 7. The van der Waals surface area contributed by atoms with E-state index in [1.165, 1.54) is 0 Å². The molecule has 0 aromatic carbocycles. The van der Waals surface area contributed by atoms with Gasteiger partial charge in [-0.1, -0.05) is 34.6 Å². The molecule has 0 fully saturated rings. The summed E-state index contributed by atoms with van der Waals surface area (Å²) in [5.41, 5.74) is 0.189. The van der Waals surface area contributed by atoms with Crippen molar-refractivity contribution in [3.63, 3.8) is 0 Å². The van der Waals surface area contributed by atoms with Crippen LogP contribution in [-0.4, -0.2) is 26.8 Å². The predicted molar refractivity (Wildman–Crippen MR) is 73.1 cm³/mol. The fourth-order valence-corrected chi connectivity index (χ4v) is 1.66. The third-order valence-electron chi connectivity index (χ3n) is 3.77. The maximum absolute atomic E-state index is 4.15. The van der Waals surface area contributed by atoms with Crippen LogP contribution in [0.5, 0.6) is 0 Å². The second kappa shape index (κ2) is 6.27. The summed E-state index contributed by atoms with van der Waals surface area (Å²) in [6.45, 7) is 15.1. The van der Waals surface area contributed by atoms with Crippen LogP contribution in [0.2, 0.25) is 0 Å². The predicted octanol–water partition coefficient (Wildman–Crippen LogP) is 2.42. The van der Waals surface area contributed by atoms with Gasteiger partial charge in [0.25, 0.3) is 0 Å². The number of tetrazole rings is 1. The van der Waals surface area contributed by atoms with Crippen LogP contribution in [0.1, 0.15) is 59.8 Å². The number of hydrogen-bond acceptors (Lipinski definition) is 4. The van der Waals surface area contributed by atoms with E-state index in [-0.39, 0.29) is 11.5 Å². The highest BCUT2D eigenvalue weighted by Gasteiger charge is 2.26. The molecule has 1 N–H and O–H groups in total. The zero-order chi connectivity index (χ0) is 13.8. The molecule has 0 amide bonds. The normalized spacial score (nSPS) is 14.2. The van der Waals surface area contributed by atoms with Gasteiger partial charge in [0.05, 0.1) is 12.6 Å². The molecule has 0 saturated heterocycles. The van der Waals surface area contributed by atoms with E-state index in [0.717, 1.165) is 25.3 Å². The van der Waals surface area contributed by atoms with E-state index in [9.17, 15) is 0 Å². The Bertz CT molecular complexity index is 356.